The number of halogens is 1. The Hall–Kier alpha value is -1.66. The van der Waals surface area contributed by atoms with Gasteiger partial charge in [-0.15, -0.1) is 11.3 Å². The quantitative estimate of drug-likeness (QED) is 0.762. The van der Waals surface area contributed by atoms with Crippen LogP contribution in [0.5, 0.6) is 0 Å². The predicted molar refractivity (Wildman–Crippen MR) is 98.6 cm³/mol. The summed E-state index contributed by atoms with van der Waals surface area (Å²) >= 11 is 4.85. The molecule has 126 valence electrons. The summed E-state index contributed by atoms with van der Waals surface area (Å²) in [6, 6.07) is 9.21. The van der Waals surface area contributed by atoms with Crippen molar-refractivity contribution >= 4 is 44.8 Å². The van der Waals surface area contributed by atoms with E-state index in [1.807, 2.05) is 24.3 Å². The molecule has 1 amide bonds. The third kappa shape index (κ3) is 4.05. The topological polar surface area (TPSA) is 55.4 Å². The minimum Gasteiger partial charge on any atom is -0.451 e. The highest BCUT2D eigenvalue weighted by molar-refractivity contribution is 9.10. The van der Waals surface area contributed by atoms with Crippen LogP contribution in [-0.4, -0.2) is 18.5 Å². The van der Waals surface area contributed by atoms with Crippen molar-refractivity contribution < 1.29 is 14.3 Å². The largest absolute Gasteiger partial charge is 0.451 e. The average molecular weight is 408 g/mol. The smallest absolute Gasteiger partial charge is 0.348 e. The molecule has 1 aliphatic carbocycles. The molecule has 1 atom stereocenters. The summed E-state index contributed by atoms with van der Waals surface area (Å²) in [6.45, 7) is 1.93. The molecular weight excluding hydrogens is 390 g/mol. The van der Waals surface area contributed by atoms with Gasteiger partial charge in [-0.05, 0) is 64.9 Å². The SMILES string of the molecule is C[C@@H]1CCc2sc(C(=O)OCC(=O)Nc3ccccc3Br)cc2C1. The number of rotatable bonds is 4. The molecule has 0 spiro atoms. The maximum atomic E-state index is 12.2. The van der Waals surface area contributed by atoms with Crippen LogP contribution in [0.15, 0.2) is 34.8 Å². The summed E-state index contributed by atoms with van der Waals surface area (Å²) in [4.78, 5) is 26.0. The molecule has 0 fully saturated rings. The lowest BCUT2D eigenvalue weighted by molar-refractivity contribution is -0.119. The second-order valence-electron chi connectivity index (χ2n) is 6.01. The van der Waals surface area contributed by atoms with Gasteiger partial charge >= 0.3 is 5.97 Å². The number of carbonyl (C=O) groups is 2. The van der Waals surface area contributed by atoms with Gasteiger partial charge in [0, 0.05) is 9.35 Å². The van der Waals surface area contributed by atoms with Gasteiger partial charge in [-0.1, -0.05) is 19.1 Å². The maximum absolute atomic E-state index is 12.2. The second-order valence-corrected chi connectivity index (χ2v) is 8.00. The van der Waals surface area contributed by atoms with E-state index in [4.69, 9.17) is 4.74 Å². The van der Waals surface area contributed by atoms with Gasteiger partial charge in [-0.2, -0.15) is 0 Å². The van der Waals surface area contributed by atoms with Gasteiger partial charge in [-0.25, -0.2) is 4.79 Å². The van der Waals surface area contributed by atoms with Crippen LogP contribution in [0.1, 0.15) is 33.5 Å². The number of fused-ring (bicyclic) bond motifs is 1. The lowest BCUT2D eigenvalue weighted by Gasteiger charge is -2.16. The first-order valence-corrected chi connectivity index (χ1v) is 9.47. The van der Waals surface area contributed by atoms with Crippen molar-refractivity contribution in [1.29, 1.82) is 0 Å². The van der Waals surface area contributed by atoms with Crippen LogP contribution in [0.25, 0.3) is 0 Å². The fourth-order valence-corrected chi connectivity index (χ4v) is 4.24. The van der Waals surface area contributed by atoms with E-state index in [2.05, 4.69) is 28.2 Å². The van der Waals surface area contributed by atoms with Crippen molar-refractivity contribution in [2.24, 2.45) is 5.92 Å². The number of hydrogen-bond donors (Lipinski definition) is 1. The molecule has 0 saturated heterocycles. The molecule has 1 aromatic heterocycles. The number of aryl methyl sites for hydroxylation is 1. The van der Waals surface area contributed by atoms with Gasteiger partial charge in [0.05, 0.1) is 5.69 Å². The van der Waals surface area contributed by atoms with E-state index in [-0.39, 0.29) is 12.5 Å². The van der Waals surface area contributed by atoms with Crippen LogP contribution in [0.2, 0.25) is 0 Å². The second kappa shape index (κ2) is 7.49. The molecule has 1 N–H and O–H groups in total. The lowest BCUT2D eigenvalue weighted by atomic mass is 9.90. The molecule has 2 aromatic rings. The van der Waals surface area contributed by atoms with Crippen LogP contribution in [0.3, 0.4) is 0 Å². The summed E-state index contributed by atoms with van der Waals surface area (Å²) in [5.74, 6) is -0.124. The first-order valence-electron chi connectivity index (χ1n) is 7.86. The summed E-state index contributed by atoms with van der Waals surface area (Å²) in [5, 5.41) is 2.71. The molecule has 3 rings (SSSR count). The van der Waals surface area contributed by atoms with Crippen LogP contribution in [-0.2, 0) is 22.4 Å². The highest BCUT2D eigenvalue weighted by Gasteiger charge is 2.21. The van der Waals surface area contributed by atoms with Gasteiger partial charge in [0.1, 0.15) is 4.88 Å². The predicted octanol–water partition coefficient (Wildman–Crippen LogP) is 4.43. The molecule has 24 heavy (non-hydrogen) atoms. The number of anilines is 1. The van der Waals surface area contributed by atoms with E-state index >= 15 is 0 Å². The highest BCUT2D eigenvalue weighted by Crippen LogP contribution is 2.32. The van der Waals surface area contributed by atoms with Gasteiger partial charge in [-0.3, -0.25) is 4.79 Å². The van der Waals surface area contributed by atoms with Crippen LogP contribution in [0, 0.1) is 5.92 Å². The third-order valence-electron chi connectivity index (χ3n) is 4.01. The molecule has 4 nitrogen and oxygen atoms in total. The Morgan fingerprint density at radius 2 is 2.17 bits per heavy atom. The zero-order chi connectivity index (χ0) is 17.1. The summed E-state index contributed by atoms with van der Waals surface area (Å²) in [7, 11) is 0. The number of ether oxygens (including phenoxy) is 1. The van der Waals surface area contributed by atoms with Crippen molar-refractivity contribution in [3.05, 3.63) is 50.1 Å². The number of amides is 1. The van der Waals surface area contributed by atoms with E-state index in [9.17, 15) is 9.59 Å². The highest BCUT2D eigenvalue weighted by atomic mass is 79.9. The molecule has 0 unspecified atom stereocenters. The van der Waals surface area contributed by atoms with E-state index in [1.54, 1.807) is 6.07 Å². The first-order chi connectivity index (χ1) is 11.5. The molecule has 1 heterocycles. The van der Waals surface area contributed by atoms with Crippen molar-refractivity contribution in [3.8, 4) is 0 Å². The van der Waals surface area contributed by atoms with Gasteiger partial charge < -0.3 is 10.1 Å². The monoisotopic (exact) mass is 407 g/mol. The fraction of sp³-hybridized carbons (Fsp3) is 0.333. The van der Waals surface area contributed by atoms with Gasteiger partial charge in [0.15, 0.2) is 6.61 Å². The van der Waals surface area contributed by atoms with Crippen molar-refractivity contribution in [1.82, 2.24) is 0 Å². The Balaban J connectivity index is 1.56. The molecular formula is C18H18BrNO3S. The Morgan fingerprint density at radius 1 is 1.38 bits per heavy atom. The Labute approximate surface area is 153 Å². The minimum atomic E-state index is -0.427. The number of hydrogen-bond acceptors (Lipinski definition) is 4. The van der Waals surface area contributed by atoms with Gasteiger partial charge in [0.25, 0.3) is 5.91 Å². The zero-order valence-corrected chi connectivity index (χ0v) is 15.7. The standard InChI is InChI=1S/C18H18BrNO3S/c1-11-6-7-15-12(8-11)9-16(24-15)18(22)23-10-17(21)20-14-5-3-2-4-13(14)19/h2-5,9,11H,6-8,10H2,1H3,(H,20,21)/t11-/m1/s1. The van der Waals surface area contributed by atoms with Crippen molar-refractivity contribution in [2.75, 3.05) is 11.9 Å². The van der Waals surface area contributed by atoms with Crippen LogP contribution in [0.4, 0.5) is 5.69 Å². The number of esters is 1. The average Bonchev–Trinajstić information content (AvgIpc) is 2.98. The summed E-state index contributed by atoms with van der Waals surface area (Å²) in [5.41, 5.74) is 1.91. The number of benzene rings is 1. The fourth-order valence-electron chi connectivity index (χ4n) is 2.76. The lowest BCUT2D eigenvalue weighted by Crippen LogP contribution is -2.20. The number of carbonyl (C=O) groups excluding carboxylic acids is 2. The summed E-state index contributed by atoms with van der Waals surface area (Å²) in [6.07, 6.45) is 3.20. The maximum Gasteiger partial charge on any atom is 0.348 e. The molecule has 1 aromatic carbocycles. The van der Waals surface area contributed by atoms with Crippen LogP contribution < -0.4 is 5.32 Å². The number of para-hydroxylation sites is 1. The van der Waals surface area contributed by atoms with E-state index in [0.717, 1.165) is 23.7 Å². The molecule has 0 bridgehead atoms. The third-order valence-corrected chi connectivity index (χ3v) is 5.92. The normalized spacial score (nSPS) is 16.3. The molecule has 0 saturated carbocycles. The minimum absolute atomic E-state index is 0.293. The first kappa shape index (κ1) is 17.2. The molecule has 0 radical (unpaired) electrons. The Morgan fingerprint density at radius 3 is 2.96 bits per heavy atom. The summed E-state index contributed by atoms with van der Waals surface area (Å²) < 4.78 is 5.93. The Bertz CT molecular complexity index is 771. The zero-order valence-electron chi connectivity index (χ0n) is 13.3. The van der Waals surface area contributed by atoms with E-state index in [0.29, 0.717) is 16.5 Å². The Kier molecular flexibility index (Phi) is 5.36. The van der Waals surface area contributed by atoms with Crippen LogP contribution >= 0.6 is 27.3 Å². The number of thiophene rings is 1. The molecule has 0 aliphatic heterocycles. The van der Waals surface area contributed by atoms with E-state index in [1.165, 1.54) is 21.8 Å². The molecule has 6 heteroatoms. The molecule has 1 aliphatic rings. The number of nitrogens with one attached hydrogen (secondary N) is 1. The van der Waals surface area contributed by atoms with Crippen molar-refractivity contribution in [3.63, 3.8) is 0 Å². The van der Waals surface area contributed by atoms with E-state index < -0.39 is 5.97 Å². The van der Waals surface area contributed by atoms with Crippen molar-refractivity contribution in [2.45, 2.75) is 26.2 Å². The van der Waals surface area contributed by atoms with Gasteiger partial charge in [0.2, 0.25) is 0 Å².